The Balaban J connectivity index is 2.01. The van der Waals surface area contributed by atoms with Crippen molar-refractivity contribution in [3.8, 4) is 5.75 Å². The highest BCUT2D eigenvalue weighted by Crippen LogP contribution is 2.18. The normalized spacial score (nSPS) is 10.4. The van der Waals surface area contributed by atoms with Crippen LogP contribution >= 0.6 is 0 Å². The number of carbonyl (C=O) groups is 2. The first-order valence-corrected chi connectivity index (χ1v) is 6.94. The molecule has 0 radical (unpaired) electrons. The van der Waals surface area contributed by atoms with Crippen molar-refractivity contribution < 1.29 is 14.3 Å². The van der Waals surface area contributed by atoms with Gasteiger partial charge in [-0.25, -0.2) is 0 Å². The number of nitrogens with zero attached hydrogens (tertiary/aromatic N) is 2. The number of carbonyl (C=O) groups excluding carboxylic acids is 2. The maximum Gasteiger partial charge on any atom is 0.315 e. The summed E-state index contributed by atoms with van der Waals surface area (Å²) in [5.74, 6) is -0.0444. The van der Waals surface area contributed by atoms with E-state index in [9.17, 15) is 9.59 Å². The van der Waals surface area contributed by atoms with E-state index in [1.54, 1.807) is 28.9 Å². The van der Waals surface area contributed by atoms with Crippen LogP contribution in [0.4, 0.5) is 5.69 Å². The lowest BCUT2D eigenvalue weighted by Crippen LogP contribution is -2.12. The number of aryl methyl sites for hydroxylation is 2. The van der Waals surface area contributed by atoms with Crippen LogP contribution in [0.25, 0.3) is 0 Å². The molecule has 22 heavy (non-hydrogen) atoms. The van der Waals surface area contributed by atoms with Crippen LogP contribution in [-0.4, -0.2) is 21.7 Å². The van der Waals surface area contributed by atoms with Crippen LogP contribution in [0, 0.1) is 13.8 Å². The lowest BCUT2D eigenvalue weighted by Gasteiger charge is -2.06. The monoisotopic (exact) mass is 301 g/mol. The van der Waals surface area contributed by atoms with Gasteiger partial charge in [-0.1, -0.05) is 0 Å². The Morgan fingerprint density at radius 1 is 1.23 bits per heavy atom. The predicted octanol–water partition coefficient (Wildman–Crippen LogP) is 2.14. The Morgan fingerprint density at radius 2 is 1.86 bits per heavy atom. The molecular weight excluding hydrogens is 282 g/mol. The molecule has 0 saturated heterocycles. The van der Waals surface area contributed by atoms with Crippen LogP contribution in [0.2, 0.25) is 0 Å². The number of ether oxygens (including phenoxy) is 1. The van der Waals surface area contributed by atoms with E-state index in [0.29, 0.717) is 11.4 Å². The Labute approximate surface area is 129 Å². The third-order valence-corrected chi connectivity index (χ3v) is 3.39. The molecule has 1 aromatic carbocycles. The zero-order valence-corrected chi connectivity index (χ0v) is 13.1. The minimum Gasteiger partial charge on any atom is -0.426 e. The molecule has 1 N–H and O–H groups in total. The molecule has 6 nitrogen and oxygen atoms in total. The van der Waals surface area contributed by atoms with Crippen LogP contribution < -0.4 is 10.1 Å². The summed E-state index contributed by atoms with van der Waals surface area (Å²) < 4.78 is 7.06. The van der Waals surface area contributed by atoms with E-state index in [1.807, 2.05) is 20.9 Å². The standard InChI is InChI=1S/C16H19N3O3/c1-10-15(11(2)19(4)18-10)9-16(21)22-14-7-5-13(6-8-14)17-12(3)20/h5-8H,9H2,1-4H3,(H,17,20). The second kappa shape index (κ2) is 6.43. The van der Waals surface area contributed by atoms with Gasteiger partial charge in [0.25, 0.3) is 0 Å². The van der Waals surface area contributed by atoms with Crippen molar-refractivity contribution in [1.29, 1.82) is 0 Å². The van der Waals surface area contributed by atoms with E-state index in [1.165, 1.54) is 6.92 Å². The minimum absolute atomic E-state index is 0.146. The quantitative estimate of drug-likeness (QED) is 0.693. The number of nitrogens with one attached hydrogen (secondary N) is 1. The van der Waals surface area contributed by atoms with Crippen LogP contribution in [0.5, 0.6) is 5.75 Å². The van der Waals surface area contributed by atoms with E-state index in [0.717, 1.165) is 17.0 Å². The fraction of sp³-hybridized carbons (Fsp3) is 0.312. The first kappa shape index (κ1) is 15.8. The third-order valence-electron chi connectivity index (χ3n) is 3.39. The molecule has 2 aromatic rings. The molecule has 1 aromatic heterocycles. The highest BCUT2D eigenvalue weighted by molar-refractivity contribution is 5.88. The smallest absolute Gasteiger partial charge is 0.315 e. The van der Waals surface area contributed by atoms with E-state index in [2.05, 4.69) is 10.4 Å². The Morgan fingerprint density at radius 3 is 2.36 bits per heavy atom. The average Bonchev–Trinajstić information content (AvgIpc) is 2.67. The van der Waals surface area contributed by atoms with E-state index < -0.39 is 0 Å². The molecule has 0 bridgehead atoms. The molecule has 0 spiro atoms. The lowest BCUT2D eigenvalue weighted by atomic mass is 10.1. The second-order valence-corrected chi connectivity index (χ2v) is 5.13. The summed E-state index contributed by atoms with van der Waals surface area (Å²) in [6.45, 7) is 5.23. The minimum atomic E-state index is -0.341. The third kappa shape index (κ3) is 3.72. The molecule has 0 aliphatic rings. The van der Waals surface area contributed by atoms with Gasteiger partial charge < -0.3 is 10.1 Å². The molecule has 0 aliphatic heterocycles. The number of aromatic nitrogens is 2. The van der Waals surface area contributed by atoms with Crippen molar-refractivity contribution >= 4 is 17.6 Å². The largest absolute Gasteiger partial charge is 0.426 e. The highest BCUT2D eigenvalue weighted by Gasteiger charge is 2.15. The van der Waals surface area contributed by atoms with Gasteiger partial charge in [0.1, 0.15) is 5.75 Å². The molecule has 0 aliphatic carbocycles. The number of hydrogen-bond donors (Lipinski definition) is 1. The fourth-order valence-corrected chi connectivity index (χ4v) is 2.19. The van der Waals surface area contributed by atoms with Gasteiger partial charge in [-0.15, -0.1) is 0 Å². The molecule has 0 atom stereocenters. The van der Waals surface area contributed by atoms with Crippen LogP contribution in [0.3, 0.4) is 0 Å². The van der Waals surface area contributed by atoms with Gasteiger partial charge in [0.05, 0.1) is 12.1 Å². The van der Waals surface area contributed by atoms with Gasteiger partial charge in [0.15, 0.2) is 0 Å². The number of hydrogen-bond acceptors (Lipinski definition) is 4. The maximum atomic E-state index is 12.0. The van der Waals surface area contributed by atoms with Crippen LogP contribution in [-0.2, 0) is 23.1 Å². The summed E-state index contributed by atoms with van der Waals surface area (Å²) in [4.78, 5) is 23.0. The fourth-order valence-electron chi connectivity index (χ4n) is 2.19. The highest BCUT2D eigenvalue weighted by atomic mass is 16.5. The SMILES string of the molecule is CC(=O)Nc1ccc(OC(=O)Cc2c(C)nn(C)c2C)cc1. The van der Waals surface area contributed by atoms with Gasteiger partial charge in [-0.05, 0) is 38.1 Å². The number of rotatable bonds is 4. The van der Waals surface area contributed by atoms with E-state index in [4.69, 9.17) is 4.74 Å². The molecule has 116 valence electrons. The second-order valence-electron chi connectivity index (χ2n) is 5.13. The first-order valence-electron chi connectivity index (χ1n) is 6.94. The van der Waals surface area contributed by atoms with Crippen LogP contribution in [0.1, 0.15) is 23.9 Å². The van der Waals surface area contributed by atoms with Gasteiger partial charge in [-0.2, -0.15) is 5.10 Å². The average molecular weight is 301 g/mol. The van der Waals surface area contributed by atoms with Crippen molar-refractivity contribution in [2.45, 2.75) is 27.2 Å². The van der Waals surface area contributed by atoms with Crippen molar-refractivity contribution in [3.05, 3.63) is 41.2 Å². The Hall–Kier alpha value is -2.63. The maximum absolute atomic E-state index is 12.0. The molecule has 0 fully saturated rings. The molecular formula is C16H19N3O3. The zero-order chi connectivity index (χ0) is 16.3. The summed E-state index contributed by atoms with van der Waals surface area (Å²) in [7, 11) is 1.85. The zero-order valence-electron chi connectivity index (χ0n) is 13.1. The molecule has 0 unspecified atom stereocenters. The Bertz CT molecular complexity index is 702. The molecule has 6 heteroatoms. The number of amides is 1. The summed E-state index contributed by atoms with van der Waals surface area (Å²) in [6.07, 6.45) is 0.180. The van der Waals surface area contributed by atoms with E-state index in [-0.39, 0.29) is 18.3 Å². The molecule has 0 saturated carbocycles. The van der Waals surface area contributed by atoms with Crippen molar-refractivity contribution in [2.75, 3.05) is 5.32 Å². The van der Waals surface area contributed by atoms with Crippen molar-refractivity contribution in [2.24, 2.45) is 7.05 Å². The molecule has 2 rings (SSSR count). The van der Waals surface area contributed by atoms with Crippen molar-refractivity contribution in [3.63, 3.8) is 0 Å². The van der Waals surface area contributed by atoms with Crippen LogP contribution in [0.15, 0.2) is 24.3 Å². The van der Waals surface area contributed by atoms with E-state index >= 15 is 0 Å². The summed E-state index contributed by atoms with van der Waals surface area (Å²) >= 11 is 0. The number of benzene rings is 1. The topological polar surface area (TPSA) is 73.2 Å². The lowest BCUT2D eigenvalue weighted by molar-refractivity contribution is -0.133. The first-order chi connectivity index (χ1) is 10.4. The molecule has 1 heterocycles. The summed E-state index contributed by atoms with van der Waals surface area (Å²) in [5.41, 5.74) is 3.34. The number of anilines is 1. The molecule has 1 amide bonds. The predicted molar refractivity (Wildman–Crippen MR) is 82.8 cm³/mol. The summed E-state index contributed by atoms with van der Waals surface area (Å²) in [6, 6.07) is 6.66. The van der Waals surface area contributed by atoms with Gasteiger partial charge in [-0.3, -0.25) is 14.3 Å². The van der Waals surface area contributed by atoms with Crippen molar-refractivity contribution in [1.82, 2.24) is 9.78 Å². The number of esters is 1. The van der Waals surface area contributed by atoms with Gasteiger partial charge in [0.2, 0.25) is 5.91 Å². The van der Waals surface area contributed by atoms with Gasteiger partial charge >= 0.3 is 5.97 Å². The summed E-state index contributed by atoms with van der Waals surface area (Å²) in [5, 5.41) is 6.93. The Kier molecular flexibility index (Phi) is 4.60. The van der Waals surface area contributed by atoms with Gasteiger partial charge in [0, 0.05) is 30.9 Å².